The van der Waals surface area contributed by atoms with Crippen LogP contribution in [0.25, 0.3) is 21.8 Å². The van der Waals surface area contributed by atoms with Crippen LogP contribution in [0.2, 0.25) is 0 Å². The van der Waals surface area contributed by atoms with Crippen LogP contribution in [0.15, 0.2) is 41.6 Å². The molecular formula is C21H27N3O3. The van der Waals surface area contributed by atoms with Gasteiger partial charge < -0.3 is 20.2 Å². The second-order valence-electron chi connectivity index (χ2n) is 6.32. The molecule has 3 N–H and O–H groups in total. The Labute approximate surface area is 158 Å². The van der Waals surface area contributed by atoms with Crippen LogP contribution in [0.1, 0.15) is 25.0 Å². The molecule has 0 amide bonds. The van der Waals surface area contributed by atoms with Crippen LogP contribution in [-0.4, -0.2) is 28.8 Å². The van der Waals surface area contributed by atoms with E-state index in [0.717, 1.165) is 34.8 Å². The summed E-state index contributed by atoms with van der Waals surface area (Å²) in [7, 11) is 0. The number of pyridine rings is 1. The average Bonchev–Trinajstić information content (AvgIpc) is 2.63. The van der Waals surface area contributed by atoms with E-state index in [1.165, 1.54) is 11.1 Å². The number of rotatable bonds is 6. The summed E-state index contributed by atoms with van der Waals surface area (Å²) in [6, 6.07) is 12.0. The van der Waals surface area contributed by atoms with E-state index in [4.69, 9.17) is 15.7 Å². The number of nitrogens with zero attached hydrogens (tertiary/aromatic N) is 2. The minimum absolute atomic E-state index is 0. The van der Waals surface area contributed by atoms with Gasteiger partial charge in [-0.25, -0.2) is 4.79 Å². The van der Waals surface area contributed by atoms with Crippen molar-refractivity contribution in [2.45, 2.75) is 34.2 Å². The average molecular weight is 369 g/mol. The maximum atomic E-state index is 10.8. The molecule has 0 spiro atoms. The Morgan fingerprint density at radius 1 is 1.19 bits per heavy atom. The van der Waals surface area contributed by atoms with Crippen LogP contribution in [-0.2, 0) is 16.2 Å². The quantitative estimate of drug-likeness (QED) is 0.515. The molecule has 0 bridgehead atoms. The van der Waals surface area contributed by atoms with Crippen LogP contribution in [0.3, 0.4) is 0 Å². The molecule has 144 valence electrons. The molecule has 6 heteroatoms. The van der Waals surface area contributed by atoms with Gasteiger partial charge in [-0.05, 0) is 44.0 Å². The normalized spacial score (nSPS) is 11.6. The van der Waals surface area contributed by atoms with Gasteiger partial charge in [0.05, 0.1) is 11.0 Å². The number of benzene rings is 2. The van der Waals surface area contributed by atoms with Gasteiger partial charge in [0.1, 0.15) is 5.36 Å². The third-order valence-electron chi connectivity index (χ3n) is 4.61. The molecule has 0 aliphatic heterocycles. The molecule has 0 fully saturated rings. The van der Waals surface area contributed by atoms with Crippen LogP contribution in [0.5, 0.6) is 0 Å². The number of para-hydroxylation sites is 1. The van der Waals surface area contributed by atoms with E-state index in [0.29, 0.717) is 11.9 Å². The van der Waals surface area contributed by atoms with Gasteiger partial charge in [-0.1, -0.05) is 42.9 Å². The molecule has 0 radical (unpaired) electrons. The molecule has 0 atom stereocenters. The summed E-state index contributed by atoms with van der Waals surface area (Å²) in [5.41, 5.74) is 10.2. The fourth-order valence-electron chi connectivity index (χ4n) is 3.25. The Morgan fingerprint density at radius 3 is 2.63 bits per heavy atom. The number of aromatic nitrogens is 1. The lowest BCUT2D eigenvalue weighted by Gasteiger charge is -2.18. The third-order valence-corrected chi connectivity index (χ3v) is 4.61. The predicted molar refractivity (Wildman–Crippen MR) is 108 cm³/mol. The largest absolute Gasteiger partial charge is 0.479 e. The molecule has 1 heterocycles. The van der Waals surface area contributed by atoms with E-state index >= 15 is 0 Å². The second kappa shape index (κ2) is 8.68. The number of nitrogens with two attached hydrogens (primary N) is 1. The first-order chi connectivity index (χ1) is 12.5. The summed E-state index contributed by atoms with van der Waals surface area (Å²) in [4.78, 5) is 15.9. The van der Waals surface area contributed by atoms with Crippen LogP contribution < -0.4 is 11.1 Å². The zero-order chi connectivity index (χ0) is 18.7. The molecule has 2 aromatic carbocycles. The van der Waals surface area contributed by atoms with Crippen LogP contribution in [0, 0.1) is 13.8 Å². The molecule has 27 heavy (non-hydrogen) atoms. The zero-order valence-electron chi connectivity index (χ0n) is 15.0. The van der Waals surface area contributed by atoms with Crippen molar-refractivity contribution in [3.63, 3.8) is 0 Å². The SMILES string of the molecule is C.Cc1ccc2/c(=N/OCC(=O)O)c3ccccc3n(CCCN)c2c1C. The van der Waals surface area contributed by atoms with Crippen molar-refractivity contribution < 1.29 is 14.7 Å². The number of aliphatic carboxylic acids is 1. The fraction of sp³-hybridized carbons (Fsp3) is 0.333. The summed E-state index contributed by atoms with van der Waals surface area (Å²) >= 11 is 0. The molecule has 6 nitrogen and oxygen atoms in total. The van der Waals surface area contributed by atoms with Crippen molar-refractivity contribution in [2.24, 2.45) is 10.9 Å². The number of carboxylic acids is 1. The van der Waals surface area contributed by atoms with E-state index in [-0.39, 0.29) is 7.43 Å². The van der Waals surface area contributed by atoms with Gasteiger partial charge in [0.2, 0.25) is 6.61 Å². The Bertz CT molecular complexity index is 1040. The first kappa shape index (κ1) is 20.5. The van der Waals surface area contributed by atoms with E-state index in [9.17, 15) is 4.79 Å². The summed E-state index contributed by atoms with van der Waals surface area (Å²) in [5, 5.41) is 15.5. The van der Waals surface area contributed by atoms with Crippen molar-refractivity contribution >= 4 is 27.8 Å². The van der Waals surface area contributed by atoms with Crippen molar-refractivity contribution in [3.8, 4) is 0 Å². The number of hydrogen-bond donors (Lipinski definition) is 2. The van der Waals surface area contributed by atoms with Gasteiger partial charge in [0, 0.05) is 17.3 Å². The Balaban J connectivity index is 0.00000261. The third kappa shape index (κ3) is 3.95. The summed E-state index contributed by atoms with van der Waals surface area (Å²) in [6.45, 7) is 5.11. The minimum Gasteiger partial charge on any atom is -0.479 e. The highest BCUT2D eigenvalue weighted by Gasteiger charge is 2.13. The monoisotopic (exact) mass is 369 g/mol. The maximum absolute atomic E-state index is 10.8. The van der Waals surface area contributed by atoms with E-state index in [1.54, 1.807) is 0 Å². The smallest absolute Gasteiger partial charge is 0.344 e. The predicted octanol–water partition coefficient (Wildman–Crippen LogP) is 3.31. The van der Waals surface area contributed by atoms with Crippen LogP contribution in [0.4, 0.5) is 0 Å². The summed E-state index contributed by atoms with van der Waals surface area (Å²) in [5.74, 6) is -1.05. The van der Waals surface area contributed by atoms with Gasteiger partial charge in [0.25, 0.3) is 0 Å². The topological polar surface area (TPSA) is 89.8 Å². The number of hydrogen-bond acceptors (Lipinski definition) is 4. The molecule has 3 rings (SSSR count). The molecule has 3 aromatic rings. The van der Waals surface area contributed by atoms with Gasteiger partial charge >= 0.3 is 5.97 Å². The van der Waals surface area contributed by atoms with Gasteiger partial charge in [-0.15, -0.1) is 0 Å². The highest BCUT2D eigenvalue weighted by Crippen LogP contribution is 2.24. The second-order valence-corrected chi connectivity index (χ2v) is 6.32. The summed E-state index contributed by atoms with van der Waals surface area (Å²) in [6.07, 6.45) is 0.864. The highest BCUT2D eigenvalue weighted by atomic mass is 16.6. The lowest BCUT2D eigenvalue weighted by Crippen LogP contribution is -2.17. The molecular weight excluding hydrogens is 342 g/mol. The highest BCUT2D eigenvalue weighted by molar-refractivity contribution is 5.95. The lowest BCUT2D eigenvalue weighted by atomic mass is 10.0. The molecule has 0 aliphatic carbocycles. The molecule has 0 saturated heterocycles. The van der Waals surface area contributed by atoms with Gasteiger partial charge in [-0.2, -0.15) is 0 Å². The number of carbonyl (C=O) groups is 1. The Morgan fingerprint density at radius 2 is 1.93 bits per heavy atom. The van der Waals surface area contributed by atoms with Crippen molar-refractivity contribution in [3.05, 3.63) is 52.9 Å². The molecule has 0 unspecified atom stereocenters. The fourth-order valence-corrected chi connectivity index (χ4v) is 3.25. The first-order valence-corrected chi connectivity index (χ1v) is 8.64. The van der Waals surface area contributed by atoms with E-state index in [2.05, 4.69) is 29.6 Å². The number of aryl methyl sites for hydroxylation is 3. The van der Waals surface area contributed by atoms with Gasteiger partial charge in [0.15, 0.2) is 0 Å². The molecule has 1 aromatic heterocycles. The number of carboxylic acid groups (broad SMARTS) is 1. The molecule has 0 saturated carbocycles. The van der Waals surface area contributed by atoms with Gasteiger partial charge in [-0.3, -0.25) is 0 Å². The first-order valence-electron chi connectivity index (χ1n) is 8.64. The molecule has 0 aliphatic rings. The van der Waals surface area contributed by atoms with Crippen molar-refractivity contribution in [1.29, 1.82) is 0 Å². The zero-order valence-corrected chi connectivity index (χ0v) is 15.0. The number of fused-ring (bicyclic) bond motifs is 2. The Hall–Kier alpha value is -2.86. The maximum Gasteiger partial charge on any atom is 0.344 e. The van der Waals surface area contributed by atoms with Crippen molar-refractivity contribution in [2.75, 3.05) is 13.2 Å². The lowest BCUT2D eigenvalue weighted by molar-refractivity contribution is -0.142. The Kier molecular flexibility index (Phi) is 6.58. The summed E-state index contributed by atoms with van der Waals surface area (Å²) < 4.78 is 2.27. The standard InChI is InChI=1S/C20H23N3O3.CH4/c1-13-8-9-16-19(22-26-12-18(24)25)15-6-3-4-7-17(15)23(11-5-10-21)20(16)14(13)2;/h3-4,6-9H,5,10-12,21H2,1-2H3,(H,24,25);1H4/b22-19+;. The van der Waals surface area contributed by atoms with Crippen LogP contribution >= 0.6 is 0 Å². The van der Waals surface area contributed by atoms with E-state index < -0.39 is 12.6 Å². The van der Waals surface area contributed by atoms with E-state index in [1.807, 2.05) is 30.3 Å². The minimum atomic E-state index is -1.05. The van der Waals surface area contributed by atoms with Crippen molar-refractivity contribution in [1.82, 2.24) is 4.57 Å².